The van der Waals surface area contributed by atoms with Gasteiger partial charge in [0, 0.05) is 34.6 Å². The Morgan fingerprint density at radius 2 is 1.49 bits per heavy atom. The summed E-state index contributed by atoms with van der Waals surface area (Å²) in [5.74, 6) is -5.92. The zero-order valence-corrected chi connectivity index (χ0v) is 20.0. The topological polar surface area (TPSA) is 150 Å². The minimum Gasteiger partial charge on any atom is -0.489 e. The van der Waals surface area contributed by atoms with Crippen LogP contribution in [0.3, 0.4) is 0 Å². The number of para-hydroxylation sites is 1. The normalized spacial score (nSPS) is 24.0. The van der Waals surface area contributed by atoms with Gasteiger partial charge in [-0.05, 0) is 12.1 Å². The monoisotopic (exact) mass is 496 g/mol. The molecular formula is C23H28O12. The van der Waals surface area contributed by atoms with Gasteiger partial charge in [-0.2, -0.15) is 0 Å². The molecule has 1 aliphatic heterocycles. The summed E-state index contributed by atoms with van der Waals surface area (Å²) in [5, 5.41) is 0. The van der Waals surface area contributed by atoms with E-state index in [1.807, 2.05) is 0 Å². The molecule has 1 aliphatic rings. The van der Waals surface area contributed by atoms with Crippen molar-refractivity contribution in [1.29, 1.82) is 0 Å². The molecule has 192 valence electrons. The Hall–Kier alpha value is -3.67. The molecule has 1 aromatic carbocycles. The summed E-state index contributed by atoms with van der Waals surface area (Å²) in [4.78, 5) is 59.5. The lowest BCUT2D eigenvalue weighted by Gasteiger charge is -2.38. The van der Waals surface area contributed by atoms with E-state index in [1.54, 1.807) is 30.3 Å². The average molecular weight is 496 g/mol. The van der Waals surface area contributed by atoms with Crippen molar-refractivity contribution in [2.45, 2.75) is 64.8 Å². The molecule has 12 nitrogen and oxygen atoms in total. The fourth-order valence-electron chi connectivity index (χ4n) is 3.53. The van der Waals surface area contributed by atoms with E-state index >= 15 is 0 Å². The number of ether oxygens (including phenoxy) is 7. The van der Waals surface area contributed by atoms with E-state index in [9.17, 15) is 24.0 Å². The maximum atomic E-state index is 12.2. The molecule has 0 bridgehead atoms. The van der Waals surface area contributed by atoms with Gasteiger partial charge >= 0.3 is 29.8 Å². The second kappa shape index (κ2) is 12.2. The molecule has 5 unspecified atom stereocenters. The van der Waals surface area contributed by atoms with Crippen molar-refractivity contribution < 1.29 is 57.1 Å². The van der Waals surface area contributed by atoms with Crippen LogP contribution in [0.5, 0.6) is 5.75 Å². The smallest absolute Gasteiger partial charge is 0.305 e. The summed E-state index contributed by atoms with van der Waals surface area (Å²) in [7, 11) is 0. The van der Waals surface area contributed by atoms with Gasteiger partial charge in [0.05, 0.1) is 0 Å². The second-order valence-corrected chi connectivity index (χ2v) is 7.60. The van der Waals surface area contributed by atoms with Crippen molar-refractivity contribution in [2.24, 2.45) is 0 Å². The van der Waals surface area contributed by atoms with Crippen molar-refractivity contribution in [1.82, 2.24) is 0 Å². The highest BCUT2D eigenvalue weighted by molar-refractivity contribution is 5.70. The number of carbonyl (C=O) groups excluding carboxylic acids is 5. The summed E-state index contributed by atoms with van der Waals surface area (Å²) in [5.41, 5.74) is 0. The first kappa shape index (κ1) is 27.6. The van der Waals surface area contributed by atoms with Gasteiger partial charge in [0.2, 0.25) is 12.2 Å². The molecule has 0 N–H and O–H groups in total. The van der Waals surface area contributed by atoms with Crippen LogP contribution in [0.1, 0.15) is 34.6 Å². The Labute approximate surface area is 201 Å². The van der Waals surface area contributed by atoms with Gasteiger partial charge in [-0.25, -0.2) is 0 Å². The fraction of sp³-hybridized carbons (Fsp3) is 0.522. The Morgan fingerprint density at radius 3 is 2.00 bits per heavy atom. The van der Waals surface area contributed by atoms with E-state index in [2.05, 4.69) is 0 Å². The van der Waals surface area contributed by atoms with Gasteiger partial charge in [0.1, 0.15) is 25.1 Å². The third kappa shape index (κ3) is 7.67. The Kier molecular flexibility index (Phi) is 9.58. The van der Waals surface area contributed by atoms with Crippen LogP contribution in [0.4, 0.5) is 0 Å². The van der Waals surface area contributed by atoms with Crippen LogP contribution >= 0.6 is 0 Å². The predicted molar refractivity (Wildman–Crippen MR) is 115 cm³/mol. The number of benzene rings is 1. The maximum absolute atomic E-state index is 12.2. The summed E-state index contributed by atoms with van der Waals surface area (Å²) in [6, 6.07) is 8.44. The predicted octanol–water partition coefficient (Wildman–Crippen LogP) is 1.08. The molecular weight excluding hydrogens is 468 g/mol. The lowest BCUT2D eigenvalue weighted by atomic mass is 9.99. The number of hydrogen-bond acceptors (Lipinski definition) is 12. The van der Waals surface area contributed by atoms with Crippen LogP contribution in [-0.2, 0) is 52.4 Å². The van der Waals surface area contributed by atoms with Gasteiger partial charge in [0.15, 0.2) is 6.10 Å². The molecule has 12 heteroatoms. The maximum Gasteiger partial charge on any atom is 0.305 e. The third-order valence-electron chi connectivity index (χ3n) is 4.65. The van der Waals surface area contributed by atoms with Crippen LogP contribution in [-0.4, -0.2) is 73.3 Å². The zero-order valence-electron chi connectivity index (χ0n) is 20.0. The van der Waals surface area contributed by atoms with Gasteiger partial charge in [-0.15, -0.1) is 0 Å². The van der Waals surface area contributed by atoms with Crippen molar-refractivity contribution in [2.75, 3.05) is 13.2 Å². The Bertz CT molecular complexity index is 930. The number of rotatable bonds is 10. The number of carbonyl (C=O) groups is 5. The lowest BCUT2D eigenvalue weighted by molar-refractivity contribution is -0.296. The molecule has 0 aromatic heterocycles. The zero-order chi connectivity index (χ0) is 26.2. The first-order valence-corrected chi connectivity index (χ1v) is 10.6. The van der Waals surface area contributed by atoms with E-state index in [1.165, 1.54) is 0 Å². The quantitative estimate of drug-likeness (QED) is 0.337. The summed E-state index contributed by atoms with van der Waals surface area (Å²) >= 11 is 0. The van der Waals surface area contributed by atoms with Gasteiger partial charge in [0.25, 0.3) is 5.79 Å². The highest BCUT2D eigenvalue weighted by Crippen LogP contribution is 2.41. The molecule has 0 saturated carbocycles. The Morgan fingerprint density at radius 1 is 0.857 bits per heavy atom. The van der Waals surface area contributed by atoms with E-state index in [4.69, 9.17) is 33.2 Å². The lowest BCUT2D eigenvalue weighted by Crippen LogP contribution is -2.60. The largest absolute Gasteiger partial charge is 0.489 e. The van der Waals surface area contributed by atoms with Gasteiger partial charge in [-0.1, -0.05) is 18.2 Å². The third-order valence-corrected chi connectivity index (χ3v) is 4.65. The van der Waals surface area contributed by atoms with Gasteiger partial charge < -0.3 is 33.2 Å². The van der Waals surface area contributed by atoms with E-state index in [0.717, 1.165) is 34.6 Å². The van der Waals surface area contributed by atoms with Crippen molar-refractivity contribution in [3.05, 3.63) is 30.3 Å². The van der Waals surface area contributed by atoms with E-state index in [0.29, 0.717) is 5.75 Å². The summed E-state index contributed by atoms with van der Waals surface area (Å²) in [6.07, 6.45) is -5.78. The molecule has 1 fully saturated rings. The molecule has 5 atom stereocenters. The molecule has 35 heavy (non-hydrogen) atoms. The average Bonchev–Trinajstić information content (AvgIpc) is 3.01. The SMILES string of the molecule is CC(=O)OCC1OC(OC(C)=O)(C(COc2ccccc2)OC(C)=O)C(OC(C)=O)C1OC(C)=O. The van der Waals surface area contributed by atoms with Crippen LogP contribution in [0.25, 0.3) is 0 Å². The van der Waals surface area contributed by atoms with E-state index < -0.39 is 73.3 Å². The van der Waals surface area contributed by atoms with Gasteiger partial charge in [-0.3, -0.25) is 24.0 Å². The minimum absolute atomic E-state index is 0.387. The molecule has 0 radical (unpaired) electrons. The highest BCUT2D eigenvalue weighted by atomic mass is 16.8. The standard InChI is InChI=1S/C23H28O12/c1-13(24)29-11-19-21(32-15(3)26)22(33-16(4)27)23(35-19,34-17(5)28)20(31-14(2)25)12-30-18-9-7-6-8-10-18/h6-10,19-22H,11-12H2,1-5H3. The molecule has 0 amide bonds. The summed E-state index contributed by atoms with van der Waals surface area (Å²) in [6.45, 7) is 4.60. The van der Waals surface area contributed by atoms with Crippen LogP contribution < -0.4 is 4.74 Å². The molecule has 0 spiro atoms. The molecule has 0 aliphatic carbocycles. The molecule has 1 heterocycles. The molecule has 1 saturated heterocycles. The highest BCUT2D eigenvalue weighted by Gasteiger charge is 2.67. The Balaban J connectivity index is 2.58. The van der Waals surface area contributed by atoms with Crippen LogP contribution in [0.15, 0.2) is 30.3 Å². The van der Waals surface area contributed by atoms with E-state index in [-0.39, 0.29) is 0 Å². The minimum atomic E-state index is -2.32. The second-order valence-electron chi connectivity index (χ2n) is 7.60. The molecule has 1 aromatic rings. The first-order chi connectivity index (χ1) is 16.4. The van der Waals surface area contributed by atoms with Crippen molar-refractivity contribution >= 4 is 29.8 Å². The fourth-order valence-corrected chi connectivity index (χ4v) is 3.53. The first-order valence-electron chi connectivity index (χ1n) is 10.6. The molecule has 2 rings (SSSR count). The van der Waals surface area contributed by atoms with Crippen LogP contribution in [0.2, 0.25) is 0 Å². The van der Waals surface area contributed by atoms with Crippen LogP contribution in [0, 0.1) is 0 Å². The summed E-state index contributed by atoms with van der Waals surface area (Å²) < 4.78 is 38.3. The van der Waals surface area contributed by atoms with Crippen molar-refractivity contribution in [3.63, 3.8) is 0 Å². The van der Waals surface area contributed by atoms with Crippen molar-refractivity contribution in [3.8, 4) is 5.75 Å². The number of esters is 5. The number of hydrogen-bond donors (Lipinski definition) is 0.